The third-order valence-electron chi connectivity index (χ3n) is 3.33. The second-order valence-electron chi connectivity index (χ2n) is 5.04. The molecule has 0 radical (unpaired) electrons. The number of rotatable bonds is 8. The van der Waals surface area contributed by atoms with Crippen LogP contribution in [0.1, 0.15) is 22.3 Å². The maximum absolute atomic E-state index is 11.9. The number of nitrogens with one attached hydrogen (secondary N) is 1. The van der Waals surface area contributed by atoms with E-state index in [-0.39, 0.29) is 18.3 Å². The molecule has 2 rings (SSSR count). The summed E-state index contributed by atoms with van der Waals surface area (Å²) < 4.78 is 5.57. The normalized spacial score (nSPS) is 9.91. The zero-order valence-corrected chi connectivity index (χ0v) is 13.9. The average Bonchev–Trinajstić information content (AvgIpc) is 2.55. The number of benzene rings is 2. The molecule has 23 heavy (non-hydrogen) atoms. The predicted molar refractivity (Wildman–Crippen MR) is 96.0 cm³/mol. The maximum Gasteiger partial charge on any atom is 0.253 e. The van der Waals surface area contributed by atoms with E-state index in [4.69, 9.17) is 10.5 Å². The first-order chi connectivity index (χ1) is 10.8. The van der Waals surface area contributed by atoms with Gasteiger partial charge in [-0.3, -0.25) is 4.79 Å². The van der Waals surface area contributed by atoms with E-state index in [1.807, 2.05) is 24.3 Å². The van der Waals surface area contributed by atoms with Crippen LogP contribution in [0.15, 0.2) is 54.6 Å². The minimum atomic E-state index is -0.137. The predicted octanol–water partition coefficient (Wildman–Crippen LogP) is 3.07. The van der Waals surface area contributed by atoms with Crippen molar-refractivity contribution in [2.24, 2.45) is 0 Å². The molecule has 2 aromatic rings. The highest BCUT2D eigenvalue weighted by Crippen LogP contribution is 2.09. The lowest BCUT2D eigenvalue weighted by molar-refractivity contribution is 0.0943. The second-order valence-corrected chi connectivity index (χ2v) is 5.04. The topological polar surface area (TPSA) is 64.4 Å². The molecule has 0 heterocycles. The third-order valence-corrected chi connectivity index (χ3v) is 3.33. The van der Waals surface area contributed by atoms with Crippen LogP contribution in [0.4, 0.5) is 5.69 Å². The first-order valence-electron chi connectivity index (χ1n) is 7.52. The molecular formula is C18H23ClN2O2. The lowest BCUT2D eigenvalue weighted by atomic mass is 10.1. The number of nitrogen functional groups attached to an aromatic ring is 1. The van der Waals surface area contributed by atoms with Crippen LogP contribution in [0.5, 0.6) is 0 Å². The van der Waals surface area contributed by atoms with Crippen molar-refractivity contribution < 1.29 is 9.53 Å². The van der Waals surface area contributed by atoms with E-state index in [0.29, 0.717) is 31.0 Å². The Morgan fingerprint density at radius 3 is 2.43 bits per heavy atom. The molecule has 3 N–H and O–H groups in total. The molecule has 0 bridgehead atoms. The van der Waals surface area contributed by atoms with Crippen molar-refractivity contribution >= 4 is 24.0 Å². The molecule has 0 atom stereocenters. The molecule has 0 unspecified atom stereocenters. The van der Waals surface area contributed by atoms with Gasteiger partial charge in [0.1, 0.15) is 0 Å². The third kappa shape index (κ3) is 6.72. The van der Waals surface area contributed by atoms with Crippen LogP contribution >= 0.6 is 12.4 Å². The molecule has 0 spiro atoms. The molecule has 0 aliphatic carbocycles. The molecule has 0 aromatic heterocycles. The molecule has 0 aliphatic heterocycles. The fraction of sp³-hybridized carbons (Fsp3) is 0.278. The SMILES string of the molecule is Cl.Nc1ccccc1C(=O)NCCCOCCc1ccccc1. The highest BCUT2D eigenvalue weighted by Gasteiger charge is 2.07. The fourth-order valence-electron chi connectivity index (χ4n) is 2.11. The molecule has 124 valence electrons. The number of carbonyl (C=O) groups is 1. The summed E-state index contributed by atoms with van der Waals surface area (Å²) in [5.41, 5.74) is 8.05. The average molecular weight is 335 g/mol. The molecule has 5 heteroatoms. The first-order valence-corrected chi connectivity index (χ1v) is 7.52. The van der Waals surface area contributed by atoms with Crippen LogP contribution in [-0.2, 0) is 11.2 Å². The Bertz CT molecular complexity index is 591. The van der Waals surface area contributed by atoms with Gasteiger partial charge in [0.25, 0.3) is 5.91 Å². The van der Waals surface area contributed by atoms with Crippen molar-refractivity contribution in [1.29, 1.82) is 0 Å². The van der Waals surface area contributed by atoms with Gasteiger partial charge in [-0.05, 0) is 30.5 Å². The van der Waals surface area contributed by atoms with Gasteiger partial charge in [0, 0.05) is 18.8 Å². The number of hydrogen-bond acceptors (Lipinski definition) is 3. The van der Waals surface area contributed by atoms with Crippen LogP contribution in [0.3, 0.4) is 0 Å². The Hall–Kier alpha value is -2.04. The number of anilines is 1. The molecule has 2 aromatic carbocycles. The minimum absolute atomic E-state index is 0. The lowest BCUT2D eigenvalue weighted by Crippen LogP contribution is -2.26. The van der Waals surface area contributed by atoms with Crippen molar-refractivity contribution in [2.75, 3.05) is 25.5 Å². The van der Waals surface area contributed by atoms with Crippen LogP contribution in [0.25, 0.3) is 0 Å². The Balaban J connectivity index is 0.00000264. The summed E-state index contributed by atoms with van der Waals surface area (Å²) >= 11 is 0. The van der Waals surface area contributed by atoms with Gasteiger partial charge in [0.2, 0.25) is 0 Å². The van der Waals surface area contributed by atoms with Gasteiger partial charge >= 0.3 is 0 Å². The van der Waals surface area contributed by atoms with Crippen LogP contribution in [0, 0.1) is 0 Å². The van der Waals surface area contributed by atoms with E-state index in [2.05, 4.69) is 17.4 Å². The van der Waals surface area contributed by atoms with Crippen LogP contribution < -0.4 is 11.1 Å². The van der Waals surface area contributed by atoms with Gasteiger partial charge < -0.3 is 15.8 Å². The Morgan fingerprint density at radius 1 is 1.00 bits per heavy atom. The molecule has 0 fully saturated rings. The largest absolute Gasteiger partial charge is 0.398 e. The standard InChI is InChI=1S/C18H22N2O2.ClH/c19-17-10-5-4-9-16(17)18(21)20-12-6-13-22-14-11-15-7-2-1-3-8-15;/h1-5,7-10H,6,11-14,19H2,(H,20,21);1H. The van der Waals surface area contributed by atoms with Crippen molar-refractivity contribution in [2.45, 2.75) is 12.8 Å². The Morgan fingerprint density at radius 2 is 1.70 bits per heavy atom. The molecule has 1 amide bonds. The zero-order valence-electron chi connectivity index (χ0n) is 13.0. The van der Waals surface area contributed by atoms with Crippen molar-refractivity contribution in [3.05, 3.63) is 65.7 Å². The number of halogens is 1. The summed E-state index contributed by atoms with van der Waals surface area (Å²) in [6.07, 6.45) is 1.70. The number of carbonyl (C=O) groups excluding carboxylic acids is 1. The highest BCUT2D eigenvalue weighted by molar-refractivity contribution is 5.98. The zero-order chi connectivity index (χ0) is 15.6. The summed E-state index contributed by atoms with van der Waals surface area (Å²) in [5, 5.41) is 2.85. The van der Waals surface area contributed by atoms with Gasteiger partial charge in [-0.25, -0.2) is 0 Å². The minimum Gasteiger partial charge on any atom is -0.398 e. The van der Waals surface area contributed by atoms with Gasteiger partial charge in [0.15, 0.2) is 0 Å². The lowest BCUT2D eigenvalue weighted by Gasteiger charge is -2.08. The number of ether oxygens (including phenoxy) is 1. The maximum atomic E-state index is 11.9. The Kier molecular flexibility index (Phi) is 8.80. The molecule has 0 saturated carbocycles. The highest BCUT2D eigenvalue weighted by atomic mass is 35.5. The molecule has 4 nitrogen and oxygen atoms in total. The molecule has 0 aliphatic rings. The van der Waals surface area contributed by atoms with Crippen molar-refractivity contribution in [3.8, 4) is 0 Å². The van der Waals surface area contributed by atoms with Crippen LogP contribution in [0.2, 0.25) is 0 Å². The number of amides is 1. The van der Waals surface area contributed by atoms with E-state index in [0.717, 1.165) is 12.8 Å². The Labute approximate surface area is 143 Å². The quantitative estimate of drug-likeness (QED) is 0.576. The molecular weight excluding hydrogens is 312 g/mol. The monoisotopic (exact) mass is 334 g/mol. The van der Waals surface area contributed by atoms with Gasteiger partial charge in [0.05, 0.1) is 12.2 Å². The van der Waals surface area contributed by atoms with E-state index < -0.39 is 0 Å². The summed E-state index contributed by atoms with van der Waals surface area (Å²) in [4.78, 5) is 11.9. The van der Waals surface area contributed by atoms with Crippen LogP contribution in [-0.4, -0.2) is 25.7 Å². The van der Waals surface area contributed by atoms with Gasteiger partial charge in [-0.1, -0.05) is 42.5 Å². The van der Waals surface area contributed by atoms with E-state index in [1.165, 1.54) is 5.56 Å². The smallest absolute Gasteiger partial charge is 0.253 e. The summed E-state index contributed by atoms with van der Waals surface area (Å²) in [6, 6.07) is 17.3. The number of hydrogen-bond donors (Lipinski definition) is 2. The van der Waals surface area contributed by atoms with Crippen molar-refractivity contribution in [3.63, 3.8) is 0 Å². The fourth-order valence-corrected chi connectivity index (χ4v) is 2.11. The number of nitrogens with two attached hydrogens (primary N) is 1. The molecule has 0 saturated heterocycles. The van der Waals surface area contributed by atoms with E-state index in [9.17, 15) is 4.79 Å². The summed E-state index contributed by atoms with van der Waals surface area (Å²) in [6.45, 7) is 1.92. The van der Waals surface area contributed by atoms with Gasteiger partial charge in [-0.2, -0.15) is 0 Å². The van der Waals surface area contributed by atoms with E-state index in [1.54, 1.807) is 18.2 Å². The summed E-state index contributed by atoms with van der Waals surface area (Å²) in [5.74, 6) is -0.137. The van der Waals surface area contributed by atoms with Crippen molar-refractivity contribution in [1.82, 2.24) is 5.32 Å². The second kappa shape index (κ2) is 10.6. The van der Waals surface area contributed by atoms with Gasteiger partial charge in [-0.15, -0.1) is 12.4 Å². The summed E-state index contributed by atoms with van der Waals surface area (Å²) in [7, 11) is 0. The number of para-hydroxylation sites is 1. The first kappa shape index (κ1) is 19.0. The van der Waals surface area contributed by atoms with E-state index >= 15 is 0 Å².